The molecule has 0 unspecified atom stereocenters. The largest absolute Gasteiger partial charge is 0.362 e. The first-order valence-corrected chi connectivity index (χ1v) is 6.64. The van der Waals surface area contributed by atoms with Gasteiger partial charge in [0, 0.05) is 18.1 Å². The van der Waals surface area contributed by atoms with E-state index in [0.29, 0.717) is 12.4 Å². The van der Waals surface area contributed by atoms with Crippen LogP contribution < -0.4 is 16.6 Å². The van der Waals surface area contributed by atoms with Crippen molar-refractivity contribution in [3.8, 4) is 0 Å². The molecule has 0 aliphatic carbocycles. The molecule has 108 valence electrons. The van der Waals surface area contributed by atoms with Gasteiger partial charge in [0.15, 0.2) is 5.76 Å². The summed E-state index contributed by atoms with van der Waals surface area (Å²) in [6, 6.07) is 1.89. The summed E-state index contributed by atoms with van der Waals surface area (Å²) in [6.07, 6.45) is 1.79. The molecule has 7 heteroatoms. The van der Waals surface area contributed by atoms with Crippen molar-refractivity contribution >= 4 is 11.6 Å². The van der Waals surface area contributed by atoms with Crippen LogP contribution in [0.5, 0.6) is 0 Å². The van der Waals surface area contributed by atoms with Gasteiger partial charge in [-0.15, -0.1) is 0 Å². The molecule has 0 amide bonds. The molecular formula is C13H20N6O. The SMILES string of the molecule is CCCc1nc(NN)c(C)c(NCc2cc(C)no2)n1. The van der Waals surface area contributed by atoms with Gasteiger partial charge in [-0.05, 0) is 20.3 Å². The number of nitrogen functional groups attached to an aromatic ring is 1. The van der Waals surface area contributed by atoms with E-state index < -0.39 is 0 Å². The van der Waals surface area contributed by atoms with Crippen molar-refractivity contribution in [1.29, 1.82) is 0 Å². The van der Waals surface area contributed by atoms with E-state index in [-0.39, 0.29) is 0 Å². The van der Waals surface area contributed by atoms with Crippen LogP contribution in [0.15, 0.2) is 10.6 Å². The van der Waals surface area contributed by atoms with Crippen molar-refractivity contribution in [2.24, 2.45) is 5.84 Å². The second-order valence-corrected chi connectivity index (χ2v) is 4.64. The molecule has 0 saturated carbocycles. The number of nitrogens with one attached hydrogen (secondary N) is 2. The molecule has 0 aliphatic heterocycles. The molecule has 2 rings (SSSR count). The summed E-state index contributed by atoms with van der Waals surface area (Å²) in [7, 11) is 0. The Labute approximate surface area is 117 Å². The van der Waals surface area contributed by atoms with Crippen LogP contribution in [0.3, 0.4) is 0 Å². The highest BCUT2D eigenvalue weighted by atomic mass is 16.5. The number of aromatic nitrogens is 3. The lowest BCUT2D eigenvalue weighted by Gasteiger charge is -2.12. The number of aryl methyl sites for hydroxylation is 2. The van der Waals surface area contributed by atoms with E-state index in [4.69, 9.17) is 10.4 Å². The molecule has 0 aliphatic rings. The summed E-state index contributed by atoms with van der Waals surface area (Å²) in [5.74, 6) is 8.42. The third-order valence-electron chi connectivity index (χ3n) is 2.91. The first-order chi connectivity index (χ1) is 9.63. The Kier molecular flexibility index (Phi) is 4.52. The van der Waals surface area contributed by atoms with Crippen LogP contribution in [0.1, 0.15) is 36.2 Å². The minimum absolute atomic E-state index is 0.522. The van der Waals surface area contributed by atoms with E-state index in [1.165, 1.54) is 0 Å². The van der Waals surface area contributed by atoms with Crippen LogP contribution in [-0.2, 0) is 13.0 Å². The number of rotatable bonds is 6. The van der Waals surface area contributed by atoms with Gasteiger partial charge in [0.2, 0.25) is 0 Å². The van der Waals surface area contributed by atoms with Gasteiger partial charge in [-0.1, -0.05) is 12.1 Å². The van der Waals surface area contributed by atoms with E-state index in [2.05, 4.69) is 32.8 Å². The number of nitrogens with two attached hydrogens (primary N) is 1. The van der Waals surface area contributed by atoms with Gasteiger partial charge in [-0.3, -0.25) is 0 Å². The van der Waals surface area contributed by atoms with Crippen molar-refractivity contribution in [3.05, 3.63) is 28.9 Å². The molecule has 0 atom stereocenters. The van der Waals surface area contributed by atoms with Crippen molar-refractivity contribution in [2.45, 2.75) is 40.2 Å². The van der Waals surface area contributed by atoms with Crippen LogP contribution in [0, 0.1) is 13.8 Å². The van der Waals surface area contributed by atoms with Gasteiger partial charge in [0.05, 0.1) is 12.2 Å². The molecule has 0 radical (unpaired) electrons. The second-order valence-electron chi connectivity index (χ2n) is 4.64. The summed E-state index contributed by atoms with van der Waals surface area (Å²) in [5, 5.41) is 7.09. The van der Waals surface area contributed by atoms with Gasteiger partial charge in [-0.2, -0.15) is 0 Å². The standard InChI is InChI=1S/C13H20N6O/c1-4-5-11-16-12(9(3)13(17-11)18-14)15-7-10-6-8(2)19-20-10/h6H,4-5,7,14H2,1-3H3,(H2,15,16,17,18). The van der Waals surface area contributed by atoms with E-state index >= 15 is 0 Å². The highest BCUT2D eigenvalue weighted by Gasteiger charge is 2.10. The maximum absolute atomic E-state index is 5.50. The third-order valence-corrected chi connectivity index (χ3v) is 2.91. The maximum atomic E-state index is 5.50. The van der Waals surface area contributed by atoms with Crippen LogP contribution in [0.4, 0.5) is 11.6 Å². The average molecular weight is 276 g/mol. The zero-order valence-corrected chi connectivity index (χ0v) is 12.0. The van der Waals surface area contributed by atoms with Crippen LogP contribution >= 0.6 is 0 Å². The summed E-state index contributed by atoms with van der Waals surface area (Å²) < 4.78 is 5.16. The van der Waals surface area contributed by atoms with Crippen molar-refractivity contribution in [2.75, 3.05) is 10.7 Å². The molecule has 0 fully saturated rings. The molecule has 0 aromatic carbocycles. The summed E-state index contributed by atoms with van der Waals surface area (Å²) in [6.45, 7) is 6.41. The van der Waals surface area contributed by atoms with E-state index in [1.807, 2.05) is 19.9 Å². The number of hydrogen-bond acceptors (Lipinski definition) is 7. The number of hydrogen-bond donors (Lipinski definition) is 3. The minimum Gasteiger partial charge on any atom is -0.362 e. The Hall–Kier alpha value is -2.15. The van der Waals surface area contributed by atoms with Gasteiger partial charge in [0.1, 0.15) is 17.5 Å². The smallest absolute Gasteiger partial charge is 0.156 e. The molecule has 2 aromatic heterocycles. The topological polar surface area (TPSA) is 102 Å². The van der Waals surface area contributed by atoms with Gasteiger partial charge < -0.3 is 15.3 Å². The summed E-state index contributed by atoms with van der Waals surface area (Å²) in [4.78, 5) is 8.89. The first-order valence-electron chi connectivity index (χ1n) is 6.64. The fraction of sp³-hybridized carbons (Fsp3) is 0.462. The molecule has 0 bridgehead atoms. The van der Waals surface area contributed by atoms with Crippen molar-refractivity contribution in [1.82, 2.24) is 15.1 Å². The minimum atomic E-state index is 0.522. The van der Waals surface area contributed by atoms with Gasteiger partial charge >= 0.3 is 0 Å². The fourth-order valence-electron chi connectivity index (χ4n) is 1.88. The molecule has 7 nitrogen and oxygen atoms in total. The number of hydrazine groups is 1. The lowest BCUT2D eigenvalue weighted by Crippen LogP contribution is -2.15. The predicted molar refractivity (Wildman–Crippen MR) is 77.1 cm³/mol. The zero-order chi connectivity index (χ0) is 14.5. The van der Waals surface area contributed by atoms with Crippen LogP contribution in [0.25, 0.3) is 0 Å². The molecule has 4 N–H and O–H groups in total. The number of nitrogens with zero attached hydrogens (tertiary/aromatic N) is 3. The van der Waals surface area contributed by atoms with Gasteiger partial charge in [0.25, 0.3) is 0 Å². The number of anilines is 2. The molecule has 20 heavy (non-hydrogen) atoms. The quantitative estimate of drug-likeness (QED) is 0.547. The zero-order valence-electron chi connectivity index (χ0n) is 12.0. The third kappa shape index (κ3) is 3.24. The van der Waals surface area contributed by atoms with Crippen LogP contribution in [0.2, 0.25) is 0 Å². The van der Waals surface area contributed by atoms with Crippen LogP contribution in [-0.4, -0.2) is 15.1 Å². The Morgan fingerprint density at radius 1 is 1.25 bits per heavy atom. The Balaban J connectivity index is 2.18. The Morgan fingerprint density at radius 2 is 2.00 bits per heavy atom. The summed E-state index contributed by atoms with van der Waals surface area (Å²) in [5.41, 5.74) is 4.35. The molecule has 2 aromatic rings. The molecular weight excluding hydrogens is 256 g/mol. The maximum Gasteiger partial charge on any atom is 0.156 e. The summed E-state index contributed by atoms with van der Waals surface area (Å²) >= 11 is 0. The Bertz CT molecular complexity index is 580. The van der Waals surface area contributed by atoms with Crippen molar-refractivity contribution in [3.63, 3.8) is 0 Å². The highest BCUT2D eigenvalue weighted by molar-refractivity contribution is 5.56. The van der Waals surface area contributed by atoms with E-state index in [9.17, 15) is 0 Å². The predicted octanol–water partition coefficient (Wildman–Crippen LogP) is 1.93. The Morgan fingerprint density at radius 3 is 2.60 bits per heavy atom. The molecule has 0 spiro atoms. The lowest BCUT2D eigenvalue weighted by atomic mass is 10.2. The van der Waals surface area contributed by atoms with Gasteiger partial charge in [-0.25, -0.2) is 15.8 Å². The van der Waals surface area contributed by atoms with E-state index in [0.717, 1.165) is 41.5 Å². The highest BCUT2D eigenvalue weighted by Crippen LogP contribution is 2.20. The second kappa shape index (κ2) is 6.33. The monoisotopic (exact) mass is 276 g/mol. The fourth-order valence-corrected chi connectivity index (χ4v) is 1.88. The average Bonchev–Trinajstić information content (AvgIpc) is 2.85. The first kappa shape index (κ1) is 14.3. The van der Waals surface area contributed by atoms with E-state index in [1.54, 1.807) is 0 Å². The van der Waals surface area contributed by atoms with Crippen molar-refractivity contribution < 1.29 is 4.52 Å². The normalized spacial score (nSPS) is 10.6. The molecule has 2 heterocycles. The lowest BCUT2D eigenvalue weighted by molar-refractivity contribution is 0.384. The molecule has 0 saturated heterocycles.